The van der Waals surface area contributed by atoms with Gasteiger partial charge in [0.05, 0.1) is 0 Å². The molecule has 0 spiro atoms. The molecule has 2 aromatic rings. The van der Waals surface area contributed by atoms with Crippen LogP contribution in [-0.4, -0.2) is 4.89 Å². The molecule has 2 aromatic carbocycles. The zero-order valence-electron chi connectivity index (χ0n) is 13.5. The standard InChI is InChI=1S/C15H11O3P.C4H10/c16-19(17)18-15-7-3-6-13-10-12-5-2-1-4-11(12)8-9-14(13)15;1-3-4-2/h1-9H,10H2;3-4H2,1-2H3/p+1. The van der Waals surface area contributed by atoms with Gasteiger partial charge in [-0.15, -0.1) is 4.89 Å². The first-order valence-corrected chi connectivity index (χ1v) is 9.00. The minimum Gasteiger partial charge on any atom is -0.229 e. The smallest absolute Gasteiger partial charge is 0.229 e. The number of fused-ring (bicyclic) bond motifs is 2. The molecule has 1 aliphatic rings. The second-order valence-corrected chi connectivity index (χ2v) is 6.03. The topological polar surface area (TPSA) is 46.5 Å². The fourth-order valence-electron chi connectivity index (χ4n) is 2.33. The van der Waals surface area contributed by atoms with Gasteiger partial charge in [0.15, 0.2) is 5.75 Å². The Balaban J connectivity index is 0.000000433. The zero-order chi connectivity index (χ0) is 16.7. The van der Waals surface area contributed by atoms with Crippen LogP contribution in [0.4, 0.5) is 0 Å². The molecule has 0 fully saturated rings. The molecule has 120 valence electrons. The predicted octanol–water partition coefficient (Wildman–Crippen LogP) is 5.60. The molecule has 3 nitrogen and oxygen atoms in total. The van der Waals surface area contributed by atoms with E-state index in [1.165, 1.54) is 18.4 Å². The number of hydrogen-bond donors (Lipinski definition) is 1. The van der Waals surface area contributed by atoms with Gasteiger partial charge in [-0.1, -0.05) is 75.2 Å². The fourth-order valence-corrected chi connectivity index (χ4v) is 2.66. The Morgan fingerprint density at radius 1 is 1.00 bits per heavy atom. The molecule has 0 aliphatic heterocycles. The molecular formula is C19H22O3P+. The highest BCUT2D eigenvalue weighted by Crippen LogP contribution is 2.34. The van der Waals surface area contributed by atoms with Crippen molar-refractivity contribution in [2.75, 3.05) is 0 Å². The fraction of sp³-hybridized carbons (Fsp3) is 0.263. The molecule has 0 saturated heterocycles. The summed E-state index contributed by atoms with van der Waals surface area (Å²) in [6.45, 7) is 4.36. The third kappa shape index (κ3) is 4.75. The minimum absolute atomic E-state index is 0.449. The van der Waals surface area contributed by atoms with Crippen LogP contribution < -0.4 is 4.52 Å². The lowest BCUT2D eigenvalue weighted by molar-refractivity contribution is 0.410. The molecule has 23 heavy (non-hydrogen) atoms. The number of unbranched alkanes of at least 4 members (excludes halogenated alkanes) is 1. The van der Waals surface area contributed by atoms with Crippen molar-refractivity contribution in [2.24, 2.45) is 0 Å². The minimum atomic E-state index is -2.64. The lowest BCUT2D eigenvalue weighted by atomic mass is 9.99. The van der Waals surface area contributed by atoms with Gasteiger partial charge in [0.2, 0.25) is 0 Å². The Morgan fingerprint density at radius 2 is 1.70 bits per heavy atom. The van der Waals surface area contributed by atoms with E-state index >= 15 is 0 Å². The van der Waals surface area contributed by atoms with Crippen molar-refractivity contribution < 1.29 is 14.0 Å². The van der Waals surface area contributed by atoms with Crippen molar-refractivity contribution in [1.82, 2.24) is 0 Å². The number of hydrogen-bond acceptors (Lipinski definition) is 2. The first-order chi connectivity index (χ1) is 11.2. The van der Waals surface area contributed by atoms with Gasteiger partial charge in [-0.25, -0.2) is 4.52 Å². The maximum atomic E-state index is 10.9. The van der Waals surface area contributed by atoms with E-state index < -0.39 is 8.25 Å². The van der Waals surface area contributed by atoms with Crippen LogP contribution in [0, 0.1) is 0 Å². The molecule has 0 bridgehead atoms. The van der Waals surface area contributed by atoms with E-state index in [1.54, 1.807) is 6.07 Å². The largest absolute Gasteiger partial charge is 0.747 e. The van der Waals surface area contributed by atoms with Gasteiger partial charge in [-0.2, -0.15) is 0 Å². The number of rotatable bonds is 3. The maximum absolute atomic E-state index is 10.9. The van der Waals surface area contributed by atoms with E-state index in [9.17, 15) is 4.57 Å². The third-order valence-electron chi connectivity index (χ3n) is 3.70. The molecule has 1 N–H and O–H groups in total. The summed E-state index contributed by atoms with van der Waals surface area (Å²) in [4.78, 5) is 8.91. The molecule has 0 amide bonds. The van der Waals surface area contributed by atoms with Crippen LogP contribution in [-0.2, 0) is 11.0 Å². The van der Waals surface area contributed by atoms with Gasteiger partial charge < -0.3 is 0 Å². The molecule has 1 atom stereocenters. The first-order valence-electron chi connectivity index (χ1n) is 7.87. The normalized spacial score (nSPS) is 12.2. The van der Waals surface area contributed by atoms with Crippen LogP contribution in [0.3, 0.4) is 0 Å². The molecule has 4 heteroatoms. The zero-order valence-corrected chi connectivity index (χ0v) is 14.4. The predicted molar refractivity (Wildman–Crippen MR) is 95.7 cm³/mol. The van der Waals surface area contributed by atoms with Crippen molar-refractivity contribution in [2.45, 2.75) is 33.1 Å². The van der Waals surface area contributed by atoms with E-state index in [1.807, 2.05) is 36.4 Å². The van der Waals surface area contributed by atoms with Gasteiger partial charge in [0.1, 0.15) is 0 Å². The molecule has 1 unspecified atom stereocenters. The van der Waals surface area contributed by atoms with Crippen molar-refractivity contribution in [3.8, 4) is 5.75 Å². The SMILES string of the molecule is CCCC.O=[P+](O)Oc1cccc2c1C=Cc1ccccc1C2. The van der Waals surface area contributed by atoms with Gasteiger partial charge in [0.25, 0.3) is 0 Å². The molecule has 0 radical (unpaired) electrons. The Hall–Kier alpha value is -1.96. The third-order valence-corrected chi connectivity index (χ3v) is 4.05. The average molecular weight is 329 g/mol. The molecular weight excluding hydrogens is 307 g/mol. The monoisotopic (exact) mass is 329 g/mol. The Labute approximate surface area is 138 Å². The number of benzene rings is 2. The second kappa shape index (κ2) is 8.61. The van der Waals surface area contributed by atoms with Crippen LogP contribution in [0.2, 0.25) is 0 Å². The summed E-state index contributed by atoms with van der Waals surface area (Å²) in [6.07, 6.45) is 7.38. The Morgan fingerprint density at radius 3 is 2.39 bits per heavy atom. The molecule has 0 heterocycles. The maximum Gasteiger partial charge on any atom is 0.747 e. The summed E-state index contributed by atoms with van der Waals surface area (Å²) in [7, 11) is -2.64. The molecule has 3 rings (SSSR count). The Bertz CT molecular complexity index is 706. The summed E-state index contributed by atoms with van der Waals surface area (Å²) in [6, 6.07) is 13.7. The van der Waals surface area contributed by atoms with Crippen LogP contribution in [0.5, 0.6) is 5.75 Å². The van der Waals surface area contributed by atoms with Crippen LogP contribution >= 0.6 is 8.25 Å². The van der Waals surface area contributed by atoms with Gasteiger partial charge >= 0.3 is 8.25 Å². The van der Waals surface area contributed by atoms with Crippen molar-refractivity contribution in [3.05, 3.63) is 64.7 Å². The quantitative estimate of drug-likeness (QED) is 0.637. The second-order valence-electron chi connectivity index (χ2n) is 5.37. The van der Waals surface area contributed by atoms with Gasteiger partial charge in [0, 0.05) is 10.1 Å². The Kier molecular flexibility index (Phi) is 6.52. The van der Waals surface area contributed by atoms with Gasteiger partial charge in [-0.05, 0) is 29.2 Å². The summed E-state index contributed by atoms with van der Waals surface area (Å²) in [5.41, 5.74) is 4.37. The van der Waals surface area contributed by atoms with Crippen LogP contribution in [0.15, 0.2) is 42.5 Å². The van der Waals surface area contributed by atoms with E-state index in [2.05, 4.69) is 26.0 Å². The molecule has 1 aliphatic carbocycles. The highest BCUT2D eigenvalue weighted by atomic mass is 31.1. The van der Waals surface area contributed by atoms with E-state index in [-0.39, 0.29) is 0 Å². The lowest BCUT2D eigenvalue weighted by Gasteiger charge is -2.06. The average Bonchev–Trinajstić information content (AvgIpc) is 2.74. The van der Waals surface area contributed by atoms with E-state index in [0.29, 0.717) is 5.75 Å². The van der Waals surface area contributed by atoms with E-state index in [4.69, 9.17) is 9.42 Å². The van der Waals surface area contributed by atoms with Crippen molar-refractivity contribution in [1.29, 1.82) is 0 Å². The first kappa shape index (κ1) is 17.4. The highest BCUT2D eigenvalue weighted by Gasteiger charge is 2.20. The van der Waals surface area contributed by atoms with Crippen molar-refractivity contribution in [3.63, 3.8) is 0 Å². The molecule has 0 saturated carbocycles. The summed E-state index contributed by atoms with van der Waals surface area (Å²) in [5.74, 6) is 0.449. The summed E-state index contributed by atoms with van der Waals surface area (Å²) in [5, 5.41) is 0. The van der Waals surface area contributed by atoms with Gasteiger partial charge in [-0.3, -0.25) is 0 Å². The van der Waals surface area contributed by atoms with E-state index in [0.717, 1.165) is 23.1 Å². The van der Waals surface area contributed by atoms with Crippen molar-refractivity contribution >= 4 is 20.4 Å². The summed E-state index contributed by atoms with van der Waals surface area (Å²) < 4.78 is 15.8. The lowest BCUT2D eigenvalue weighted by Crippen LogP contribution is -1.94. The summed E-state index contributed by atoms with van der Waals surface area (Å²) >= 11 is 0. The molecule has 0 aromatic heterocycles. The van der Waals surface area contributed by atoms with Crippen LogP contribution in [0.1, 0.15) is 48.9 Å². The highest BCUT2D eigenvalue weighted by molar-refractivity contribution is 7.32. The van der Waals surface area contributed by atoms with Crippen LogP contribution in [0.25, 0.3) is 12.2 Å².